The Balaban J connectivity index is -0.000000397. The molecular formula is C16H34N8O8. The van der Waals surface area contributed by atoms with Crippen LogP contribution in [0.1, 0.15) is 38.5 Å². The molecule has 0 fully saturated rings. The van der Waals surface area contributed by atoms with Crippen LogP contribution < -0.4 is 40.1 Å². The van der Waals surface area contributed by atoms with Crippen LogP contribution in [-0.2, 0) is 24.0 Å². The number of carbonyl (C=O) groups is 5. The summed E-state index contributed by atoms with van der Waals surface area (Å²) < 4.78 is 0. The van der Waals surface area contributed by atoms with Gasteiger partial charge in [0.05, 0.1) is 0 Å². The number of hydrogen-bond donors (Lipinski definition) is 10. The zero-order valence-corrected chi connectivity index (χ0v) is 17.6. The van der Waals surface area contributed by atoms with Crippen molar-refractivity contribution < 1.29 is 39.3 Å². The van der Waals surface area contributed by atoms with Crippen molar-refractivity contribution in [1.29, 1.82) is 0 Å². The number of amides is 2. The van der Waals surface area contributed by atoms with E-state index < -0.39 is 47.8 Å². The first-order valence-corrected chi connectivity index (χ1v) is 9.18. The van der Waals surface area contributed by atoms with Crippen LogP contribution in [0.15, 0.2) is 4.99 Å². The van der Waals surface area contributed by atoms with Crippen molar-refractivity contribution >= 4 is 35.7 Å². The molecule has 0 spiro atoms. The van der Waals surface area contributed by atoms with Gasteiger partial charge in [-0.2, -0.15) is 0 Å². The van der Waals surface area contributed by atoms with Gasteiger partial charge in [-0.3, -0.25) is 29.0 Å². The maximum Gasteiger partial charge on any atom is 0.320 e. The van der Waals surface area contributed by atoms with E-state index in [2.05, 4.69) is 4.99 Å². The lowest BCUT2D eigenvalue weighted by atomic mass is 10.2. The molecule has 0 aliphatic heterocycles. The van der Waals surface area contributed by atoms with Gasteiger partial charge in [-0.15, -0.1) is 0 Å². The summed E-state index contributed by atoms with van der Waals surface area (Å²) in [6, 6.07) is -2.78. The molecule has 2 amide bonds. The van der Waals surface area contributed by atoms with E-state index in [1.807, 2.05) is 0 Å². The fourth-order valence-electron chi connectivity index (χ4n) is 1.49. The Morgan fingerprint density at radius 3 is 1.19 bits per heavy atom. The van der Waals surface area contributed by atoms with E-state index >= 15 is 0 Å². The van der Waals surface area contributed by atoms with E-state index in [-0.39, 0.29) is 31.6 Å². The van der Waals surface area contributed by atoms with Gasteiger partial charge in [0.25, 0.3) is 0 Å². The smallest absolute Gasteiger partial charge is 0.320 e. The number of rotatable bonds is 13. The summed E-state index contributed by atoms with van der Waals surface area (Å²) in [6.45, 7) is 0.420. The minimum absolute atomic E-state index is 0.0129. The third kappa shape index (κ3) is 26.5. The minimum Gasteiger partial charge on any atom is -0.480 e. The van der Waals surface area contributed by atoms with E-state index in [4.69, 9.17) is 55.5 Å². The average molecular weight is 466 g/mol. The largest absolute Gasteiger partial charge is 0.480 e. The van der Waals surface area contributed by atoms with Crippen molar-refractivity contribution in [2.75, 3.05) is 6.54 Å². The first-order chi connectivity index (χ1) is 14.6. The highest BCUT2D eigenvalue weighted by atomic mass is 16.4. The van der Waals surface area contributed by atoms with Gasteiger partial charge < -0.3 is 55.5 Å². The van der Waals surface area contributed by atoms with Gasteiger partial charge in [0.1, 0.15) is 18.1 Å². The molecule has 0 aromatic heterocycles. The van der Waals surface area contributed by atoms with Crippen molar-refractivity contribution in [3.63, 3.8) is 0 Å². The van der Waals surface area contributed by atoms with Gasteiger partial charge in [0.15, 0.2) is 5.96 Å². The summed E-state index contributed by atoms with van der Waals surface area (Å²) in [6.07, 6.45) is 1.20. The van der Waals surface area contributed by atoms with E-state index in [9.17, 15) is 24.0 Å². The number of guanidine groups is 1. The molecular weight excluding hydrogens is 432 g/mol. The molecule has 0 aromatic carbocycles. The van der Waals surface area contributed by atoms with Gasteiger partial charge in [0, 0.05) is 19.4 Å². The van der Waals surface area contributed by atoms with Crippen LogP contribution in [0.5, 0.6) is 0 Å². The average Bonchev–Trinajstić information content (AvgIpc) is 2.67. The number of nitrogens with two attached hydrogens (primary N) is 7. The molecule has 0 aliphatic carbocycles. The van der Waals surface area contributed by atoms with Gasteiger partial charge >= 0.3 is 17.9 Å². The van der Waals surface area contributed by atoms with Crippen LogP contribution in [0, 0.1) is 0 Å². The number of hydrogen-bond acceptors (Lipinski definition) is 9. The fraction of sp³-hybridized carbons (Fsp3) is 0.625. The summed E-state index contributed by atoms with van der Waals surface area (Å²) in [4.78, 5) is 54.2. The highest BCUT2D eigenvalue weighted by molar-refractivity contribution is 5.77. The number of carboxylic acid groups (broad SMARTS) is 3. The maximum atomic E-state index is 10.2. The van der Waals surface area contributed by atoms with Crippen LogP contribution in [0.3, 0.4) is 0 Å². The Kier molecular flexibility index (Phi) is 20.2. The second-order valence-corrected chi connectivity index (χ2v) is 6.29. The molecule has 32 heavy (non-hydrogen) atoms. The highest BCUT2D eigenvalue weighted by Crippen LogP contribution is 1.95. The van der Waals surface area contributed by atoms with Gasteiger partial charge in [-0.25, -0.2) is 0 Å². The third-order valence-electron chi connectivity index (χ3n) is 3.32. The molecule has 0 saturated heterocycles. The van der Waals surface area contributed by atoms with Crippen molar-refractivity contribution in [1.82, 2.24) is 0 Å². The molecule has 0 radical (unpaired) electrons. The standard InChI is InChI=1S/C6H14N4O2.2C5H10N2O3/c7-4(5(11)12)2-1-3-10-6(8)9;2*6-3(5(9)10)1-2-4(7)8/h4H,1-3,7H2,(H,11,12)(H4,8,9,10);2*3H,1-2,6H2,(H2,7,8)(H,9,10)/t4-;2*3-/m000/s1. The monoisotopic (exact) mass is 466 g/mol. The molecule has 0 bridgehead atoms. The van der Waals surface area contributed by atoms with Crippen molar-refractivity contribution in [3.05, 3.63) is 0 Å². The molecule has 3 atom stereocenters. The van der Waals surface area contributed by atoms with E-state index in [1.54, 1.807) is 0 Å². The molecule has 16 nitrogen and oxygen atoms in total. The summed E-state index contributed by atoms with van der Waals surface area (Å²) in [5, 5.41) is 24.8. The van der Waals surface area contributed by atoms with Crippen LogP contribution >= 0.6 is 0 Å². The van der Waals surface area contributed by atoms with Gasteiger partial charge in [-0.1, -0.05) is 0 Å². The molecule has 0 aromatic rings. The summed E-state index contributed by atoms with van der Waals surface area (Å²) in [5.74, 6) is -4.27. The third-order valence-corrected chi connectivity index (χ3v) is 3.32. The summed E-state index contributed by atoms with van der Waals surface area (Å²) in [7, 11) is 0. The zero-order chi connectivity index (χ0) is 25.9. The number of aliphatic carboxylic acids is 3. The Morgan fingerprint density at radius 1 is 0.625 bits per heavy atom. The predicted octanol–water partition coefficient (Wildman–Crippen LogP) is -4.22. The number of nitrogens with zero attached hydrogens (tertiary/aromatic N) is 1. The molecule has 186 valence electrons. The molecule has 0 heterocycles. The molecule has 0 unspecified atom stereocenters. The van der Waals surface area contributed by atoms with Crippen molar-refractivity contribution in [2.45, 2.75) is 56.7 Å². The Bertz CT molecular complexity index is 606. The number of primary amides is 2. The molecule has 16 heteroatoms. The quantitative estimate of drug-likeness (QED) is 0.0699. The molecule has 0 aliphatic rings. The SMILES string of the molecule is NC(=O)CC[C@H](N)C(=O)O.NC(=O)CC[C@H](N)C(=O)O.NC(N)=NCCC[C@H](N)C(=O)O. The number of carboxylic acids is 3. The second-order valence-electron chi connectivity index (χ2n) is 6.29. The molecule has 0 saturated carbocycles. The number of aliphatic imine (C=N–C) groups is 1. The highest BCUT2D eigenvalue weighted by Gasteiger charge is 2.12. The minimum atomic E-state index is -1.11. The molecule has 17 N–H and O–H groups in total. The lowest BCUT2D eigenvalue weighted by Gasteiger charge is -2.03. The lowest BCUT2D eigenvalue weighted by molar-refractivity contribution is -0.139. The Labute approximate surface area is 184 Å². The summed E-state index contributed by atoms with van der Waals surface area (Å²) >= 11 is 0. The number of carbonyl (C=O) groups excluding carboxylic acids is 2. The van der Waals surface area contributed by atoms with E-state index in [1.165, 1.54) is 0 Å². The first kappa shape index (κ1) is 33.1. The van der Waals surface area contributed by atoms with Gasteiger partial charge in [0.2, 0.25) is 11.8 Å². The van der Waals surface area contributed by atoms with Crippen LogP contribution in [0.4, 0.5) is 0 Å². The first-order valence-electron chi connectivity index (χ1n) is 9.18. The Morgan fingerprint density at radius 2 is 0.938 bits per heavy atom. The fourth-order valence-corrected chi connectivity index (χ4v) is 1.49. The van der Waals surface area contributed by atoms with Crippen molar-refractivity contribution in [2.24, 2.45) is 45.1 Å². The normalized spacial score (nSPS) is 12.3. The predicted molar refractivity (Wildman–Crippen MR) is 114 cm³/mol. The molecule has 0 rings (SSSR count). The zero-order valence-electron chi connectivity index (χ0n) is 17.6. The summed E-state index contributed by atoms with van der Waals surface area (Å²) in [5.41, 5.74) is 34.9. The van der Waals surface area contributed by atoms with E-state index in [0.29, 0.717) is 19.4 Å². The topological polar surface area (TPSA) is 341 Å². The van der Waals surface area contributed by atoms with Gasteiger partial charge in [-0.05, 0) is 25.7 Å². The van der Waals surface area contributed by atoms with Crippen LogP contribution in [-0.4, -0.2) is 75.7 Å². The van der Waals surface area contributed by atoms with E-state index in [0.717, 1.165) is 0 Å². The lowest BCUT2D eigenvalue weighted by Crippen LogP contribution is -2.31. The second kappa shape index (κ2) is 19.5. The Hall–Kier alpha value is -3.50. The van der Waals surface area contributed by atoms with Crippen molar-refractivity contribution in [3.8, 4) is 0 Å². The van der Waals surface area contributed by atoms with Crippen LogP contribution in [0.25, 0.3) is 0 Å². The van der Waals surface area contributed by atoms with Crippen LogP contribution in [0.2, 0.25) is 0 Å². The maximum absolute atomic E-state index is 10.2.